The molecule has 3 aromatic heterocycles. The summed E-state index contributed by atoms with van der Waals surface area (Å²) in [5, 5.41) is 6.90. The van der Waals surface area contributed by atoms with Crippen molar-refractivity contribution in [3.05, 3.63) is 22.1 Å². The maximum absolute atomic E-state index is 12.7. The molecule has 0 aliphatic carbocycles. The molecule has 1 atom stereocenters. The molecule has 7 nitrogen and oxygen atoms in total. The topological polar surface area (TPSA) is 109 Å². The van der Waals surface area contributed by atoms with Crippen LogP contribution in [0.5, 0.6) is 0 Å². The summed E-state index contributed by atoms with van der Waals surface area (Å²) in [6.45, 7) is 5.65. The lowest BCUT2D eigenvalue weighted by Crippen LogP contribution is -2.21. The van der Waals surface area contributed by atoms with Gasteiger partial charge in [0.15, 0.2) is 0 Å². The van der Waals surface area contributed by atoms with Crippen molar-refractivity contribution >= 4 is 39.1 Å². The van der Waals surface area contributed by atoms with Crippen molar-refractivity contribution in [3.8, 4) is 0 Å². The molecule has 3 aromatic rings. The number of thioether (sulfide) groups is 1. The van der Waals surface area contributed by atoms with Crippen LogP contribution in [0, 0.1) is 13.8 Å². The maximum Gasteiger partial charge on any atom is 0.453 e. The average Bonchev–Trinajstić information content (AvgIpc) is 3.00. The van der Waals surface area contributed by atoms with Crippen LogP contribution in [0.3, 0.4) is 0 Å². The number of nitrogens with two attached hydrogens (primary N) is 2. The molecule has 3 heterocycles. The summed E-state index contributed by atoms with van der Waals surface area (Å²) in [5.74, 6) is 4.93. The number of rotatable bonds is 3. The van der Waals surface area contributed by atoms with Crippen LogP contribution < -0.4 is 11.6 Å². The van der Waals surface area contributed by atoms with Crippen LogP contribution in [0.1, 0.15) is 34.3 Å². The van der Waals surface area contributed by atoms with Gasteiger partial charge in [0, 0.05) is 4.88 Å². The van der Waals surface area contributed by atoms with E-state index < -0.39 is 17.3 Å². The molecular weight excluding hydrogens is 375 g/mol. The first kappa shape index (κ1) is 17.7. The molecule has 12 heteroatoms. The number of nitrogens with zero attached hydrogens (tertiary/aromatic N) is 5. The van der Waals surface area contributed by atoms with E-state index in [1.165, 1.54) is 11.3 Å². The minimum atomic E-state index is -4.67. The van der Waals surface area contributed by atoms with Gasteiger partial charge in [-0.3, -0.25) is 0 Å². The van der Waals surface area contributed by atoms with Gasteiger partial charge in [-0.1, -0.05) is 11.8 Å². The molecule has 3 rings (SSSR count). The molecule has 0 fully saturated rings. The summed E-state index contributed by atoms with van der Waals surface area (Å²) in [4.78, 5) is 10.6. The monoisotopic (exact) mass is 389 g/mol. The number of fused-ring (bicyclic) bond motifs is 1. The number of halogens is 3. The summed E-state index contributed by atoms with van der Waals surface area (Å²) < 4.78 is 38.6. The van der Waals surface area contributed by atoms with Crippen LogP contribution in [0.4, 0.5) is 19.0 Å². The first-order chi connectivity index (χ1) is 11.6. The molecule has 0 radical (unpaired) electrons. The minimum Gasteiger partial charge on any atom is -0.383 e. The van der Waals surface area contributed by atoms with E-state index in [9.17, 15) is 13.2 Å². The normalized spacial score (nSPS) is 13.5. The van der Waals surface area contributed by atoms with Gasteiger partial charge in [0.2, 0.25) is 5.16 Å². The zero-order valence-electron chi connectivity index (χ0n) is 13.4. The zero-order chi connectivity index (χ0) is 18.5. The Morgan fingerprint density at radius 1 is 1.20 bits per heavy atom. The average molecular weight is 389 g/mol. The first-order valence-electron chi connectivity index (χ1n) is 7.07. The van der Waals surface area contributed by atoms with E-state index >= 15 is 0 Å². The Kier molecular flexibility index (Phi) is 4.27. The second-order valence-electron chi connectivity index (χ2n) is 5.36. The molecule has 0 aliphatic heterocycles. The fraction of sp³-hybridized carbons (Fsp3) is 0.385. The van der Waals surface area contributed by atoms with Crippen molar-refractivity contribution in [2.24, 2.45) is 0 Å². The summed E-state index contributed by atoms with van der Waals surface area (Å²) in [6, 6.07) is 0. The third-order valence-electron chi connectivity index (χ3n) is 3.64. The van der Waals surface area contributed by atoms with Crippen LogP contribution in [0.25, 0.3) is 10.2 Å². The molecular formula is C13H14F3N7S2. The lowest BCUT2D eigenvalue weighted by Gasteiger charge is -2.11. The smallest absolute Gasteiger partial charge is 0.383 e. The Morgan fingerprint density at radius 3 is 2.48 bits per heavy atom. The van der Waals surface area contributed by atoms with Crippen LogP contribution in [0.2, 0.25) is 0 Å². The number of alkyl halides is 3. The second-order valence-corrected chi connectivity index (χ2v) is 7.88. The lowest BCUT2D eigenvalue weighted by molar-refractivity contribution is -0.146. The van der Waals surface area contributed by atoms with Gasteiger partial charge >= 0.3 is 6.18 Å². The van der Waals surface area contributed by atoms with Gasteiger partial charge in [-0.15, -0.1) is 21.5 Å². The van der Waals surface area contributed by atoms with E-state index in [0.717, 1.165) is 32.4 Å². The summed E-state index contributed by atoms with van der Waals surface area (Å²) >= 11 is 2.47. The van der Waals surface area contributed by atoms with Gasteiger partial charge in [-0.05, 0) is 26.3 Å². The van der Waals surface area contributed by atoms with Gasteiger partial charge in [-0.2, -0.15) is 13.2 Å². The Morgan fingerprint density at radius 2 is 1.88 bits per heavy atom. The van der Waals surface area contributed by atoms with Gasteiger partial charge in [0.1, 0.15) is 16.5 Å². The molecule has 0 spiro atoms. The van der Waals surface area contributed by atoms with Crippen LogP contribution in [-0.4, -0.2) is 24.8 Å². The molecule has 0 amide bonds. The highest BCUT2D eigenvalue weighted by Crippen LogP contribution is 2.37. The zero-order valence-corrected chi connectivity index (χ0v) is 15.1. The van der Waals surface area contributed by atoms with Gasteiger partial charge in [-0.25, -0.2) is 14.6 Å². The number of aromatic nitrogens is 5. The predicted molar refractivity (Wildman–Crippen MR) is 90.7 cm³/mol. The maximum atomic E-state index is 12.7. The largest absolute Gasteiger partial charge is 0.453 e. The SMILES string of the molecule is Cc1sc2nc(C(C)Sc3nnc(C(F)(F)F)n3N)nc(N)c2c1C. The standard InChI is InChI=1S/C13H14F3N7S2/c1-4-5(2)24-10-7(4)8(17)19-9(20-10)6(3)25-12-22-21-11(23(12)18)13(14,15)16/h6H,18H2,1-3H3,(H2,17,19,20). The van der Waals surface area contributed by atoms with Gasteiger partial charge in [0.05, 0.1) is 10.6 Å². The fourth-order valence-electron chi connectivity index (χ4n) is 2.24. The molecule has 0 saturated heterocycles. The Hall–Kier alpha value is -2.08. The highest BCUT2D eigenvalue weighted by molar-refractivity contribution is 7.99. The first-order valence-corrected chi connectivity index (χ1v) is 8.76. The summed E-state index contributed by atoms with van der Waals surface area (Å²) in [5.41, 5.74) is 7.06. The van der Waals surface area contributed by atoms with Crippen molar-refractivity contribution in [2.45, 2.75) is 37.4 Å². The van der Waals surface area contributed by atoms with Crippen LogP contribution in [-0.2, 0) is 6.18 Å². The van der Waals surface area contributed by atoms with Gasteiger partial charge < -0.3 is 11.6 Å². The van der Waals surface area contributed by atoms with E-state index in [1.54, 1.807) is 6.92 Å². The Labute approximate surface area is 148 Å². The quantitative estimate of drug-likeness (QED) is 0.523. The molecule has 0 aliphatic rings. The van der Waals surface area contributed by atoms with Crippen LogP contribution in [0.15, 0.2) is 5.16 Å². The number of anilines is 1. The van der Waals surface area contributed by atoms with Gasteiger partial charge in [0.25, 0.3) is 5.82 Å². The van der Waals surface area contributed by atoms with E-state index in [2.05, 4.69) is 20.2 Å². The minimum absolute atomic E-state index is 0.0827. The summed E-state index contributed by atoms with van der Waals surface area (Å²) in [7, 11) is 0. The molecule has 25 heavy (non-hydrogen) atoms. The van der Waals surface area contributed by atoms with E-state index in [-0.39, 0.29) is 5.16 Å². The number of thiophene rings is 1. The second kappa shape index (κ2) is 6.02. The number of aryl methyl sites for hydroxylation is 2. The highest BCUT2D eigenvalue weighted by atomic mass is 32.2. The molecule has 4 N–H and O–H groups in total. The van der Waals surface area contributed by atoms with E-state index in [4.69, 9.17) is 11.6 Å². The predicted octanol–water partition coefficient (Wildman–Crippen LogP) is 3.07. The molecule has 0 bridgehead atoms. The highest BCUT2D eigenvalue weighted by Gasteiger charge is 2.38. The number of hydrogen-bond donors (Lipinski definition) is 2. The van der Waals surface area contributed by atoms with E-state index in [0.29, 0.717) is 16.3 Å². The molecule has 0 saturated carbocycles. The molecule has 1 unspecified atom stereocenters. The van der Waals surface area contributed by atoms with Crippen molar-refractivity contribution < 1.29 is 13.2 Å². The van der Waals surface area contributed by atoms with Crippen molar-refractivity contribution in [1.82, 2.24) is 24.8 Å². The molecule has 0 aromatic carbocycles. The Balaban J connectivity index is 1.93. The third-order valence-corrected chi connectivity index (χ3v) is 5.79. The Bertz CT molecular complexity index is 947. The third kappa shape index (κ3) is 3.11. The molecule has 134 valence electrons. The van der Waals surface area contributed by atoms with Crippen molar-refractivity contribution in [3.63, 3.8) is 0 Å². The van der Waals surface area contributed by atoms with Crippen LogP contribution >= 0.6 is 23.1 Å². The van der Waals surface area contributed by atoms with Crippen molar-refractivity contribution in [1.29, 1.82) is 0 Å². The number of hydrogen-bond acceptors (Lipinski definition) is 8. The summed E-state index contributed by atoms with van der Waals surface area (Å²) in [6.07, 6.45) is -4.67. The number of nitrogen functional groups attached to an aromatic ring is 2. The van der Waals surface area contributed by atoms with Crippen molar-refractivity contribution in [2.75, 3.05) is 11.6 Å². The van der Waals surface area contributed by atoms with E-state index in [1.807, 2.05) is 13.8 Å². The fourth-order valence-corrected chi connectivity index (χ4v) is 4.10. The lowest BCUT2D eigenvalue weighted by atomic mass is 10.2.